The highest BCUT2D eigenvalue weighted by Gasteiger charge is 2.28. The van der Waals surface area contributed by atoms with Crippen LogP contribution in [0.5, 0.6) is 0 Å². The minimum Gasteiger partial charge on any atom is -0.465 e. The van der Waals surface area contributed by atoms with Gasteiger partial charge in [-0.05, 0) is 24.3 Å². The largest absolute Gasteiger partial charge is 0.465 e. The van der Waals surface area contributed by atoms with Gasteiger partial charge in [-0.1, -0.05) is 5.22 Å². The third-order valence-corrected chi connectivity index (χ3v) is 2.55. The van der Waals surface area contributed by atoms with Crippen molar-refractivity contribution in [2.75, 3.05) is 14.2 Å². The van der Waals surface area contributed by atoms with Crippen molar-refractivity contribution >= 4 is 11.7 Å². The van der Waals surface area contributed by atoms with Crippen LogP contribution < -0.4 is 5.53 Å². The van der Waals surface area contributed by atoms with Crippen LogP contribution in [-0.4, -0.2) is 25.1 Å². The molecule has 0 spiro atoms. The number of hydrazine groups is 1. The summed E-state index contributed by atoms with van der Waals surface area (Å²) in [5.41, 5.74) is 3.83. The third kappa shape index (κ3) is 2.35. The Morgan fingerprint density at radius 1 is 1.37 bits per heavy atom. The predicted octanol–water partition coefficient (Wildman–Crippen LogP) is 1.77. The SMILES string of the molecule is COC(=O)c1ccc(C([N+]#N)=C2N=NNN2C)cc1. The van der Waals surface area contributed by atoms with Crippen molar-refractivity contribution in [1.82, 2.24) is 10.5 Å². The van der Waals surface area contributed by atoms with Crippen LogP contribution in [0.3, 0.4) is 0 Å². The number of esters is 1. The number of nitrogens with zero attached hydrogens (tertiary/aromatic N) is 5. The molecule has 8 nitrogen and oxygen atoms in total. The van der Waals surface area contributed by atoms with Crippen LogP contribution in [0.25, 0.3) is 10.7 Å². The zero-order valence-electron chi connectivity index (χ0n) is 10.4. The molecule has 2 rings (SSSR count). The summed E-state index contributed by atoms with van der Waals surface area (Å²) in [7, 11) is 3.00. The summed E-state index contributed by atoms with van der Waals surface area (Å²) in [6, 6.07) is 6.42. The van der Waals surface area contributed by atoms with Crippen LogP contribution in [0.2, 0.25) is 0 Å². The molecule has 1 aliphatic rings. The summed E-state index contributed by atoms with van der Waals surface area (Å²) >= 11 is 0. The monoisotopic (exact) mass is 259 g/mol. The minimum absolute atomic E-state index is 0.243. The zero-order valence-corrected chi connectivity index (χ0v) is 10.4. The van der Waals surface area contributed by atoms with Crippen molar-refractivity contribution in [3.8, 4) is 0 Å². The predicted molar refractivity (Wildman–Crippen MR) is 65.5 cm³/mol. The van der Waals surface area contributed by atoms with E-state index in [1.165, 1.54) is 12.1 Å². The lowest BCUT2D eigenvalue weighted by Crippen LogP contribution is -2.23. The fourth-order valence-electron chi connectivity index (χ4n) is 1.57. The number of carbonyl (C=O) groups excluding carboxylic acids is 1. The Labute approximate surface area is 108 Å². The van der Waals surface area contributed by atoms with Crippen molar-refractivity contribution in [2.45, 2.75) is 0 Å². The molecule has 8 heteroatoms. The highest BCUT2D eigenvalue weighted by Crippen LogP contribution is 2.25. The Balaban J connectivity index is 2.39. The van der Waals surface area contributed by atoms with Crippen LogP contribution >= 0.6 is 0 Å². The second kappa shape index (κ2) is 5.14. The number of methoxy groups -OCH3 is 1. The van der Waals surface area contributed by atoms with Crippen LogP contribution in [-0.2, 0) is 4.74 Å². The summed E-state index contributed by atoms with van der Waals surface area (Å²) in [4.78, 5) is 14.5. The van der Waals surface area contributed by atoms with Gasteiger partial charge >= 0.3 is 11.7 Å². The van der Waals surface area contributed by atoms with Gasteiger partial charge in [0.25, 0.3) is 5.82 Å². The van der Waals surface area contributed by atoms with Gasteiger partial charge in [-0.3, -0.25) is 0 Å². The molecule has 0 bridgehead atoms. The van der Waals surface area contributed by atoms with E-state index in [2.05, 4.69) is 25.6 Å². The first kappa shape index (κ1) is 12.5. The number of nitrogens with one attached hydrogen (secondary N) is 1. The van der Waals surface area contributed by atoms with Crippen molar-refractivity contribution in [3.63, 3.8) is 0 Å². The van der Waals surface area contributed by atoms with Gasteiger partial charge in [-0.15, -0.1) is 5.11 Å². The summed E-state index contributed by atoms with van der Waals surface area (Å²) in [6.45, 7) is 0. The van der Waals surface area contributed by atoms with Gasteiger partial charge in [0, 0.05) is 7.05 Å². The summed E-state index contributed by atoms with van der Waals surface area (Å²) in [5, 5.41) is 18.0. The molecule has 0 radical (unpaired) electrons. The van der Waals surface area contributed by atoms with Crippen LogP contribution in [0.4, 0.5) is 0 Å². The molecule has 1 aromatic carbocycles. The smallest absolute Gasteiger partial charge is 0.437 e. The molecule has 0 atom stereocenters. The zero-order chi connectivity index (χ0) is 13.8. The van der Waals surface area contributed by atoms with E-state index in [1.54, 1.807) is 31.3 Å². The number of diazo groups is 1. The quantitative estimate of drug-likeness (QED) is 0.645. The van der Waals surface area contributed by atoms with Gasteiger partial charge in [0.1, 0.15) is 0 Å². The molecule has 0 amide bonds. The second-order valence-electron chi connectivity index (χ2n) is 3.70. The Morgan fingerprint density at radius 2 is 2.00 bits per heavy atom. The van der Waals surface area contributed by atoms with E-state index in [1.807, 2.05) is 0 Å². The van der Waals surface area contributed by atoms with Crippen LogP contribution in [0, 0.1) is 5.39 Å². The Bertz CT molecular complexity index is 599. The molecule has 1 N–H and O–H groups in total. The second-order valence-corrected chi connectivity index (χ2v) is 3.70. The molecule has 1 heterocycles. The van der Waals surface area contributed by atoms with Crippen molar-refractivity contribution < 1.29 is 9.53 Å². The fraction of sp³-hybridized carbons (Fsp3) is 0.182. The van der Waals surface area contributed by atoms with E-state index in [9.17, 15) is 4.79 Å². The molecule has 0 saturated heterocycles. The lowest BCUT2D eigenvalue weighted by atomic mass is 10.1. The average molecular weight is 259 g/mol. The number of benzene rings is 1. The first-order valence-electron chi connectivity index (χ1n) is 5.35. The maximum absolute atomic E-state index is 11.3. The molecular weight excluding hydrogens is 248 g/mol. The van der Waals surface area contributed by atoms with E-state index in [-0.39, 0.29) is 5.70 Å². The Kier molecular flexibility index (Phi) is 3.38. The van der Waals surface area contributed by atoms with Crippen molar-refractivity contribution in [1.29, 1.82) is 5.39 Å². The molecule has 0 saturated carbocycles. The van der Waals surface area contributed by atoms with Gasteiger partial charge in [0.2, 0.25) is 5.39 Å². The number of ether oxygens (including phenoxy) is 1. The Morgan fingerprint density at radius 3 is 2.47 bits per heavy atom. The highest BCUT2D eigenvalue weighted by molar-refractivity contribution is 5.90. The molecule has 0 unspecified atom stereocenters. The van der Waals surface area contributed by atoms with Gasteiger partial charge < -0.3 is 4.74 Å². The minimum atomic E-state index is -0.430. The Hall–Kier alpha value is -2.95. The maximum atomic E-state index is 11.3. The average Bonchev–Trinajstić information content (AvgIpc) is 2.86. The van der Waals surface area contributed by atoms with E-state index < -0.39 is 5.97 Å². The molecule has 19 heavy (non-hydrogen) atoms. The molecule has 1 aliphatic heterocycles. The molecule has 0 aromatic heterocycles. The normalized spacial score (nSPS) is 15.7. The van der Waals surface area contributed by atoms with Crippen LogP contribution in [0.15, 0.2) is 40.4 Å². The summed E-state index contributed by atoms with van der Waals surface area (Å²) in [6.07, 6.45) is 0. The van der Waals surface area contributed by atoms with Gasteiger partial charge in [0.15, 0.2) is 4.98 Å². The van der Waals surface area contributed by atoms with Crippen molar-refractivity contribution in [3.05, 3.63) is 46.2 Å². The highest BCUT2D eigenvalue weighted by atomic mass is 16.5. The van der Waals surface area contributed by atoms with Gasteiger partial charge in [0.05, 0.1) is 18.2 Å². The number of rotatable bonds is 2. The third-order valence-electron chi connectivity index (χ3n) is 2.55. The molecule has 96 valence electrons. The number of carbonyl (C=O) groups is 1. The number of hydrogen-bond acceptors (Lipinski definition) is 7. The van der Waals surface area contributed by atoms with Gasteiger partial charge in [-0.2, -0.15) is 5.53 Å². The summed E-state index contributed by atoms with van der Waals surface area (Å²) in [5.74, 6) is -0.0608. The standard InChI is InChI=1S/C11H10N6O2/c1-17-10(14-15-16-17)9(13-12)7-3-5-8(6-4-7)11(18)19-2/h3-6H,1-2H3/p+1. The van der Waals surface area contributed by atoms with Crippen LogP contribution in [0.1, 0.15) is 15.9 Å². The van der Waals surface area contributed by atoms with E-state index in [0.29, 0.717) is 16.9 Å². The molecule has 1 aromatic rings. The summed E-state index contributed by atoms with van der Waals surface area (Å²) < 4.78 is 4.60. The molecule has 0 aliphatic carbocycles. The first-order chi connectivity index (χ1) is 9.17. The van der Waals surface area contributed by atoms with E-state index in [4.69, 9.17) is 5.39 Å². The topological polar surface area (TPSA) is 94.4 Å². The van der Waals surface area contributed by atoms with E-state index in [0.717, 1.165) is 0 Å². The lowest BCUT2D eigenvalue weighted by molar-refractivity contribution is 0.0600. The molecule has 0 fully saturated rings. The number of hydrogen-bond donors (Lipinski definition) is 1. The van der Waals surface area contributed by atoms with Crippen molar-refractivity contribution in [2.24, 2.45) is 10.3 Å². The van der Waals surface area contributed by atoms with Gasteiger partial charge in [-0.25, -0.2) is 9.80 Å². The fourth-order valence-corrected chi connectivity index (χ4v) is 1.57. The first-order valence-corrected chi connectivity index (χ1v) is 5.35. The molecular formula is C11H11N6O2+. The van der Waals surface area contributed by atoms with E-state index >= 15 is 0 Å². The lowest BCUT2D eigenvalue weighted by Gasteiger charge is -2.06. The maximum Gasteiger partial charge on any atom is 0.437 e.